The van der Waals surface area contributed by atoms with E-state index in [1.54, 1.807) is 0 Å². The fourth-order valence-electron chi connectivity index (χ4n) is 2.38. The Morgan fingerprint density at radius 2 is 1.59 bits per heavy atom. The average molecular weight is 374 g/mol. The van der Waals surface area contributed by atoms with Crippen LogP contribution in [0.5, 0.6) is 5.75 Å². The summed E-state index contributed by atoms with van der Waals surface area (Å²) in [7, 11) is 0. The minimum atomic E-state index is -0.185. The zero-order valence-electron chi connectivity index (χ0n) is 13.8. The van der Waals surface area contributed by atoms with Crippen LogP contribution < -0.4 is 29.6 Å². The SMILES string of the molecule is CC(C)(C)Oc1ccccc1C(C)(C)C1=[C-]CC=C1.[Cl-].[Cl-].[Ti+3]. The number of hydrogen-bond donors (Lipinski definition) is 0. The average Bonchev–Trinajstić information content (AvgIpc) is 2.81. The Bertz CT molecular complexity index is 528. The molecule has 0 N–H and O–H groups in total. The number of benzene rings is 1. The Labute approximate surface area is 162 Å². The zero-order valence-corrected chi connectivity index (χ0v) is 16.9. The largest absolute Gasteiger partial charge is 3.00 e. The van der Waals surface area contributed by atoms with Crippen molar-refractivity contribution in [2.75, 3.05) is 0 Å². The molecule has 4 heteroatoms. The monoisotopic (exact) mass is 373 g/mol. The molecule has 0 aromatic heterocycles. The van der Waals surface area contributed by atoms with Crippen LogP contribution in [0.3, 0.4) is 0 Å². The summed E-state index contributed by atoms with van der Waals surface area (Å²) in [5.41, 5.74) is 2.21. The number of ether oxygens (including phenoxy) is 1. The van der Waals surface area contributed by atoms with Gasteiger partial charge in [-0.05, 0) is 32.3 Å². The fourth-order valence-corrected chi connectivity index (χ4v) is 2.38. The van der Waals surface area contributed by atoms with E-state index in [2.05, 4.69) is 71.0 Å². The van der Waals surface area contributed by atoms with Crippen molar-refractivity contribution in [3.8, 4) is 5.75 Å². The number of allylic oxidation sites excluding steroid dienone is 4. The quantitative estimate of drug-likeness (QED) is 0.479. The second kappa shape index (κ2) is 9.18. The summed E-state index contributed by atoms with van der Waals surface area (Å²) in [6, 6.07) is 8.32. The smallest absolute Gasteiger partial charge is 1.00 e. The van der Waals surface area contributed by atoms with Gasteiger partial charge in [-0.3, -0.25) is 6.08 Å². The van der Waals surface area contributed by atoms with Gasteiger partial charge in [0.25, 0.3) is 0 Å². The molecule has 0 atom stereocenters. The Balaban J connectivity index is 0. The Hall–Kier alpha value is -0.206. The van der Waals surface area contributed by atoms with E-state index in [0.717, 1.165) is 12.2 Å². The summed E-state index contributed by atoms with van der Waals surface area (Å²) < 4.78 is 6.11. The van der Waals surface area contributed by atoms with Crippen LogP contribution in [0.15, 0.2) is 42.0 Å². The molecular formula is C18H23Cl2OTi. The Morgan fingerprint density at radius 1 is 1.00 bits per heavy atom. The first kappa shape index (κ1) is 24.1. The number of halogens is 2. The number of hydrogen-bond acceptors (Lipinski definition) is 1. The van der Waals surface area contributed by atoms with Gasteiger partial charge in [0.1, 0.15) is 11.4 Å². The summed E-state index contributed by atoms with van der Waals surface area (Å²) in [5, 5.41) is 0. The second-order valence-electron chi connectivity index (χ2n) is 6.53. The molecule has 2 rings (SSSR count). The molecule has 1 radical (unpaired) electrons. The topological polar surface area (TPSA) is 9.23 Å². The van der Waals surface area contributed by atoms with Crippen LogP contribution in [-0.4, -0.2) is 5.60 Å². The maximum atomic E-state index is 6.11. The van der Waals surface area contributed by atoms with Gasteiger partial charge in [0.05, 0.1) is 0 Å². The molecule has 1 aromatic rings. The molecule has 22 heavy (non-hydrogen) atoms. The molecule has 0 unspecified atom stereocenters. The first-order valence-corrected chi connectivity index (χ1v) is 6.87. The normalized spacial score (nSPS) is 13.4. The van der Waals surface area contributed by atoms with Gasteiger partial charge in [-0.2, -0.15) is 6.08 Å². The first-order valence-electron chi connectivity index (χ1n) is 6.87. The van der Waals surface area contributed by atoms with E-state index in [4.69, 9.17) is 4.74 Å². The van der Waals surface area contributed by atoms with Gasteiger partial charge in [-0.15, -0.1) is 6.42 Å². The molecule has 0 spiro atoms. The maximum Gasteiger partial charge on any atom is 3.00 e. The predicted molar refractivity (Wildman–Crippen MR) is 80.4 cm³/mol. The molecule has 0 aliphatic heterocycles. The summed E-state index contributed by atoms with van der Waals surface area (Å²) in [4.78, 5) is 0. The molecule has 1 nitrogen and oxygen atoms in total. The molecule has 0 saturated carbocycles. The van der Waals surface area contributed by atoms with E-state index in [1.807, 2.05) is 6.07 Å². The minimum Gasteiger partial charge on any atom is -1.00 e. The van der Waals surface area contributed by atoms with Crippen LogP contribution in [0.25, 0.3) is 0 Å². The van der Waals surface area contributed by atoms with E-state index in [9.17, 15) is 0 Å². The van der Waals surface area contributed by atoms with Crippen LogP contribution in [0, 0.1) is 6.08 Å². The summed E-state index contributed by atoms with van der Waals surface area (Å²) >= 11 is 0. The van der Waals surface area contributed by atoms with Gasteiger partial charge in [0, 0.05) is 5.56 Å². The van der Waals surface area contributed by atoms with Crippen molar-refractivity contribution in [2.45, 2.75) is 52.1 Å². The van der Waals surface area contributed by atoms with E-state index >= 15 is 0 Å². The molecule has 1 aliphatic rings. The first-order chi connectivity index (χ1) is 8.81. The summed E-state index contributed by atoms with van der Waals surface area (Å²) in [6.07, 6.45) is 8.68. The number of rotatable bonds is 3. The fraction of sp³-hybridized carbons (Fsp3) is 0.444. The van der Waals surface area contributed by atoms with Gasteiger partial charge in [0.15, 0.2) is 0 Å². The molecular weight excluding hydrogens is 351 g/mol. The van der Waals surface area contributed by atoms with Gasteiger partial charge < -0.3 is 29.6 Å². The van der Waals surface area contributed by atoms with Crippen LogP contribution >= 0.6 is 0 Å². The van der Waals surface area contributed by atoms with Gasteiger partial charge in [0.2, 0.25) is 0 Å². The minimum absolute atomic E-state index is 0. The number of para-hydroxylation sites is 1. The van der Waals surface area contributed by atoms with E-state index in [-0.39, 0.29) is 57.5 Å². The van der Waals surface area contributed by atoms with E-state index in [1.165, 1.54) is 11.1 Å². The third kappa shape index (κ3) is 5.78. The van der Waals surface area contributed by atoms with Crippen molar-refractivity contribution in [1.29, 1.82) is 0 Å². The van der Waals surface area contributed by atoms with Crippen LogP contribution in [0.4, 0.5) is 0 Å². The third-order valence-corrected chi connectivity index (χ3v) is 3.34. The summed E-state index contributed by atoms with van der Waals surface area (Å²) in [6.45, 7) is 10.7. The van der Waals surface area contributed by atoms with Gasteiger partial charge in [-0.25, -0.2) is 11.6 Å². The van der Waals surface area contributed by atoms with Crippen molar-refractivity contribution in [3.63, 3.8) is 0 Å². The zero-order chi connectivity index (χ0) is 14.1. The standard InChI is InChI=1S/C18H23O.2ClH.Ti/c1-17(2,3)19-16-13-9-8-12-15(16)18(4,5)14-10-6-7-11-14;;;/h6,8-10,12-13H,7H2,1-5H3;2*1H;/q-1;;;+3/p-2. The molecule has 1 aliphatic carbocycles. The van der Waals surface area contributed by atoms with Crippen molar-refractivity contribution < 1.29 is 51.3 Å². The molecule has 0 amide bonds. The van der Waals surface area contributed by atoms with E-state index in [0.29, 0.717) is 0 Å². The van der Waals surface area contributed by atoms with Crippen molar-refractivity contribution in [2.24, 2.45) is 0 Å². The molecule has 1 aromatic carbocycles. The van der Waals surface area contributed by atoms with Crippen LogP contribution in [0.1, 0.15) is 46.6 Å². The molecule has 0 heterocycles. The molecule has 119 valence electrons. The van der Waals surface area contributed by atoms with Crippen LogP contribution in [-0.2, 0) is 27.1 Å². The van der Waals surface area contributed by atoms with Crippen molar-refractivity contribution in [3.05, 3.63) is 53.6 Å². The Kier molecular flexibility index (Phi) is 10.0. The predicted octanol–water partition coefficient (Wildman–Crippen LogP) is -1.16. The maximum absolute atomic E-state index is 6.11. The molecule has 0 saturated heterocycles. The van der Waals surface area contributed by atoms with Crippen molar-refractivity contribution in [1.82, 2.24) is 0 Å². The van der Waals surface area contributed by atoms with Gasteiger partial charge in [-0.1, -0.05) is 32.0 Å². The van der Waals surface area contributed by atoms with Crippen molar-refractivity contribution >= 4 is 0 Å². The second-order valence-corrected chi connectivity index (χ2v) is 6.53. The molecule has 0 fully saturated rings. The van der Waals surface area contributed by atoms with Crippen LogP contribution in [0.2, 0.25) is 0 Å². The van der Waals surface area contributed by atoms with Gasteiger partial charge >= 0.3 is 21.7 Å². The molecule has 0 bridgehead atoms. The Morgan fingerprint density at radius 3 is 2.09 bits per heavy atom. The third-order valence-electron chi connectivity index (χ3n) is 3.34. The summed E-state index contributed by atoms with van der Waals surface area (Å²) in [5.74, 6) is 0.967. The van der Waals surface area contributed by atoms with E-state index < -0.39 is 0 Å².